The Morgan fingerprint density at radius 1 is 1.00 bits per heavy atom. The molecule has 1 N–H and O–H groups in total. The van der Waals surface area contributed by atoms with Crippen LogP contribution in [0.3, 0.4) is 0 Å². The highest BCUT2D eigenvalue weighted by Crippen LogP contribution is 2.16. The van der Waals surface area contributed by atoms with Gasteiger partial charge in [0.05, 0.1) is 5.69 Å². The van der Waals surface area contributed by atoms with Crippen LogP contribution in [0.15, 0.2) is 54.6 Å². The van der Waals surface area contributed by atoms with Crippen LogP contribution in [0.4, 0.5) is 5.69 Å². The number of benzene rings is 2. The van der Waals surface area contributed by atoms with Gasteiger partial charge in [0.1, 0.15) is 5.75 Å². The van der Waals surface area contributed by atoms with Gasteiger partial charge in [-0.1, -0.05) is 30.3 Å². The Morgan fingerprint density at radius 2 is 1.64 bits per heavy atom. The van der Waals surface area contributed by atoms with E-state index in [0.717, 1.165) is 0 Å². The number of hydrogen-bond donors (Lipinski definition) is 1. The third kappa shape index (κ3) is 5.46. The predicted octanol–water partition coefficient (Wildman–Crippen LogP) is 2.84. The fraction of sp³-hybridized carbons (Fsp3) is 0.211. The van der Waals surface area contributed by atoms with Gasteiger partial charge in [-0.15, -0.1) is 0 Å². The van der Waals surface area contributed by atoms with Crippen LogP contribution in [0, 0.1) is 0 Å². The number of carbonyl (C=O) groups excluding carboxylic acids is 3. The second kappa shape index (κ2) is 8.63. The SMILES string of the molecule is CC(=O)c1ccccc1NC(=O)C(C)OC(=O)COc1ccccc1. The Kier molecular flexibility index (Phi) is 6.28. The van der Waals surface area contributed by atoms with Gasteiger partial charge in [-0.2, -0.15) is 0 Å². The number of hydrogen-bond acceptors (Lipinski definition) is 5. The first-order chi connectivity index (χ1) is 12.0. The summed E-state index contributed by atoms with van der Waals surface area (Å²) < 4.78 is 10.3. The van der Waals surface area contributed by atoms with Crippen molar-refractivity contribution in [2.75, 3.05) is 11.9 Å². The number of para-hydroxylation sites is 2. The van der Waals surface area contributed by atoms with Crippen molar-refractivity contribution in [1.82, 2.24) is 0 Å². The van der Waals surface area contributed by atoms with Gasteiger partial charge in [0.25, 0.3) is 5.91 Å². The largest absolute Gasteiger partial charge is 0.482 e. The quantitative estimate of drug-likeness (QED) is 0.618. The normalized spacial score (nSPS) is 11.3. The van der Waals surface area contributed by atoms with Crippen molar-refractivity contribution in [3.63, 3.8) is 0 Å². The fourth-order valence-corrected chi connectivity index (χ4v) is 2.08. The van der Waals surface area contributed by atoms with Gasteiger partial charge in [-0.3, -0.25) is 9.59 Å². The van der Waals surface area contributed by atoms with Crippen LogP contribution >= 0.6 is 0 Å². The first-order valence-electron chi connectivity index (χ1n) is 7.75. The van der Waals surface area contributed by atoms with E-state index in [-0.39, 0.29) is 12.4 Å². The van der Waals surface area contributed by atoms with Crippen LogP contribution < -0.4 is 10.1 Å². The number of ether oxygens (including phenoxy) is 2. The predicted molar refractivity (Wildman–Crippen MR) is 92.6 cm³/mol. The molecule has 0 spiro atoms. The second-order valence-corrected chi connectivity index (χ2v) is 5.32. The van der Waals surface area contributed by atoms with Crippen LogP contribution in [0.5, 0.6) is 5.75 Å². The highest BCUT2D eigenvalue weighted by Gasteiger charge is 2.19. The molecule has 130 valence electrons. The lowest BCUT2D eigenvalue weighted by atomic mass is 10.1. The van der Waals surface area contributed by atoms with E-state index in [0.29, 0.717) is 17.0 Å². The fourth-order valence-electron chi connectivity index (χ4n) is 2.08. The van der Waals surface area contributed by atoms with Crippen LogP contribution in [0.2, 0.25) is 0 Å². The Bertz CT molecular complexity index is 757. The number of ketones is 1. The van der Waals surface area contributed by atoms with Gasteiger partial charge in [0, 0.05) is 5.56 Å². The molecule has 0 aliphatic carbocycles. The van der Waals surface area contributed by atoms with Crippen LogP contribution in [-0.2, 0) is 14.3 Å². The van der Waals surface area contributed by atoms with Crippen molar-refractivity contribution >= 4 is 23.3 Å². The summed E-state index contributed by atoms with van der Waals surface area (Å²) in [7, 11) is 0. The maximum absolute atomic E-state index is 12.2. The average molecular weight is 341 g/mol. The Labute approximate surface area is 145 Å². The summed E-state index contributed by atoms with van der Waals surface area (Å²) in [4.78, 5) is 35.5. The number of amides is 1. The number of carbonyl (C=O) groups is 3. The second-order valence-electron chi connectivity index (χ2n) is 5.32. The van der Waals surface area contributed by atoms with Gasteiger partial charge in [-0.05, 0) is 38.1 Å². The zero-order valence-electron chi connectivity index (χ0n) is 14.0. The molecular formula is C19H19NO5. The minimum absolute atomic E-state index is 0.170. The van der Waals surface area contributed by atoms with Gasteiger partial charge < -0.3 is 14.8 Å². The summed E-state index contributed by atoms with van der Waals surface area (Å²) in [6.45, 7) is 2.56. The lowest BCUT2D eigenvalue weighted by Crippen LogP contribution is -2.32. The van der Waals surface area contributed by atoms with E-state index in [1.54, 1.807) is 48.5 Å². The third-order valence-electron chi connectivity index (χ3n) is 3.34. The molecule has 6 nitrogen and oxygen atoms in total. The Balaban J connectivity index is 1.88. The van der Waals surface area contributed by atoms with E-state index in [1.807, 2.05) is 6.07 Å². The lowest BCUT2D eigenvalue weighted by Gasteiger charge is -2.15. The van der Waals surface area contributed by atoms with Crippen molar-refractivity contribution in [1.29, 1.82) is 0 Å². The van der Waals surface area contributed by atoms with Gasteiger partial charge in [-0.25, -0.2) is 4.79 Å². The van der Waals surface area contributed by atoms with E-state index in [9.17, 15) is 14.4 Å². The maximum atomic E-state index is 12.2. The molecule has 0 aliphatic heterocycles. The van der Waals surface area contributed by atoms with Crippen molar-refractivity contribution in [3.8, 4) is 5.75 Å². The monoisotopic (exact) mass is 341 g/mol. The van der Waals surface area contributed by atoms with Crippen molar-refractivity contribution in [3.05, 3.63) is 60.2 Å². The summed E-state index contributed by atoms with van der Waals surface area (Å²) in [5.74, 6) is -0.822. The molecule has 0 saturated heterocycles. The highest BCUT2D eigenvalue weighted by atomic mass is 16.6. The topological polar surface area (TPSA) is 81.7 Å². The minimum Gasteiger partial charge on any atom is -0.482 e. The summed E-state index contributed by atoms with van der Waals surface area (Å²) in [5, 5.41) is 2.59. The molecule has 0 saturated carbocycles. The highest BCUT2D eigenvalue weighted by molar-refractivity contribution is 6.04. The number of anilines is 1. The summed E-state index contributed by atoms with van der Waals surface area (Å²) in [5.41, 5.74) is 0.769. The number of nitrogens with one attached hydrogen (secondary N) is 1. The molecule has 1 unspecified atom stereocenters. The molecule has 0 heterocycles. The molecule has 0 bridgehead atoms. The zero-order chi connectivity index (χ0) is 18.2. The average Bonchev–Trinajstić information content (AvgIpc) is 2.61. The molecule has 6 heteroatoms. The molecule has 2 aromatic rings. The number of rotatable bonds is 7. The minimum atomic E-state index is -1.02. The van der Waals surface area contributed by atoms with Gasteiger partial charge in [0.15, 0.2) is 18.5 Å². The molecule has 1 atom stereocenters. The van der Waals surface area contributed by atoms with Crippen LogP contribution in [0.25, 0.3) is 0 Å². The van der Waals surface area contributed by atoms with E-state index < -0.39 is 18.0 Å². The molecular weight excluding hydrogens is 322 g/mol. The van der Waals surface area contributed by atoms with Gasteiger partial charge >= 0.3 is 5.97 Å². The molecule has 25 heavy (non-hydrogen) atoms. The van der Waals surface area contributed by atoms with E-state index in [1.165, 1.54) is 13.8 Å². The Morgan fingerprint density at radius 3 is 2.32 bits per heavy atom. The molecule has 0 aromatic heterocycles. The zero-order valence-corrected chi connectivity index (χ0v) is 14.0. The standard InChI is InChI=1S/C19H19NO5/c1-13(21)16-10-6-7-11-17(16)20-19(23)14(2)25-18(22)12-24-15-8-4-3-5-9-15/h3-11,14H,12H2,1-2H3,(H,20,23). The third-order valence-corrected chi connectivity index (χ3v) is 3.34. The molecule has 0 aliphatic rings. The molecule has 0 radical (unpaired) electrons. The van der Waals surface area contributed by atoms with Crippen molar-refractivity contribution < 1.29 is 23.9 Å². The lowest BCUT2D eigenvalue weighted by molar-refractivity contribution is -0.155. The molecule has 0 fully saturated rings. The Hall–Kier alpha value is -3.15. The number of esters is 1. The molecule has 2 rings (SSSR count). The van der Waals surface area contributed by atoms with Crippen molar-refractivity contribution in [2.45, 2.75) is 20.0 Å². The van der Waals surface area contributed by atoms with E-state index >= 15 is 0 Å². The summed E-state index contributed by atoms with van der Waals surface area (Å²) in [6, 6.07) is 15.4. The van der Waals surface area contributed by atoms with E-state index in [2.05, 4.69) is 5.32 Å². The van der Waals surface area contributed by atoms with Crippen LogP contribution in [0.1, 0.15) is 24.2 Å². The van der Waals surface area contributed by atoms with Crippen molar-refractivity contribution in [2.24, 2.45) is 0 Å². The summed E-state index contributed by atoms with van der Waals surface area (Å²) in [6.07, 6.45) is -1.02. The number of Topliss-reactive ketones (excluding diaryl/α,β-unsaturated/α-hetero) is 1. The molecule has 1 amide bonds. The van der Waals surface area contributed by atoms with Crippen LogP contribution in [-0.4, -0.2) is 30.4 Å². The first kappa shape index (κ1) is 18.2. The first-order valence-corrected chi connectivity index (χ1v) is 7.75. The smallest absolute Gasteiger partial charge is 0.344 e. The summed E-state index contributed by atoms with van der Waals surface area (Å²) >= 11 is 0. The van der Waals surface area contributed by atoms with Gasteiger partial charge in [0.2, 0.25) is 0 Å². The molecule has 2 aromatic carbocycles. The van der Waals surface area contributed by atoms with E-state index in [4.69, 9.17) is 9.47 Å². The maximum Gasteiger partial charge on any atom is 0.344 e.